The SMILES string of the molecule is COc1ccc(C(O)=C2C(=O)C(=O)N(Cc3cccnc3)[C@H]2c2cccs2)cc1F. The molecule has 1 N–H and O–H groups in total. The van der Waals surface area contributed by atoms with Crippen LogP contribution in [0.4, 0.5) is 4.39 Å². The zero-order chi connectivity index (χ0) is 21.3. The van der Waals surface area contributed by atoms with E-state index in [2.05, 4.69) is 4.98 Å². The maximum atomic E-state index is 14.2. The third-order valence-electron chi connectivity index (χ3n) is 4.85. The molecule has 0 saturated carbocycles. The summed E-state index contributed by atoms with van der Waals surface area (Å²) in [4.78, 5) is 31.9. The number of amides is 1. The van der Waals surface area contributed by atoms with Crippen LogP contribution in [0.3, 0.4) is 0 Å². The van der Waals surface area contributed by atoms with Crippen LogP contribution in [0, 0.1) is 5.82 Å². The van der Waals surface area contributed by atoms with Gasteiger partial charge in [-0.25, -0.2) is 4.39 Å². The smallest absolute Gasteiger partial charge is 0.295 e. The summed E-state index contributed by atoms with van der Waals surface area (Å²) < 4.78 is 19.1. The van der Waals surface area contributed by atoms with Gasteiger partial charge in [0.2, 0.25) is 0 Å². The van der Waals surface area contributed by atoms with Gasteiger partial charge < -0.3 is 14.7 Å². The second kappa shape index (κ2) is 8.08. The third kappa shape index (κ3) is 3.46. The van der Waals surface area contributed by atoms with Crippen molar-refractivity contribution >= 4 is 28.8 Å². The monoisotopic (exact) mass is 424 g/mol. The number of Topliss-reactive ketones (excluding diaryl/α,β-unsaturated/α-hetero) is 1. The summed E-state index contributed by atoms with van der Waals surface area (Å²) in [5.74, 6) is -2.64. The highest BCUT2D eigenvalue weighted by atomic mass is 32.1. The number of carbonyl (C=O) groups excluding carboxylic acids is 2. The van der Waals surface area contributed by atoms with Crippen molar-refractivity contribution in [1.82, 2.24) is 9.88 Å². The van der Waals surface area contributed by atoms with Gasteiger partial charge in [0.1, 0.15) is 5.76 Å². The first-order chi connectivity index (χ1) is 14.5. The Kier molecular flexibility index (Phi) is 5.33. The number of carbonyl (C=O) groups is 2. The first-order valence-electron chi connectivity index (χ1n) is 9.06. The number of likely N-dealkylation sites (tertiary alicyclic amines) is 1. The van der Waals surface area contributed by atoms with E-state index < -0.39 is 29.3 Å². The number of hydrogen-bond donors (Lipinski definition) is 1. The number of halogens is 1. The Morgan fingerprint density at radius 2 is 2.10 bits per heavy atom. The fourth-order valence-corrected chi connectivity index (χ4v) is 4.29. The van der Waals surface area contributed by atoms with Crippen LogP contribution in [0.1, 0.15) is 22.0 Å². The van der Waals surface area contributed by atoms with Crippen LogP contribution < -0.4 is 4.74 Å². The molecule has 1 aromatic carbocycles. The number of ether oxygens (including phenoxy) is 1. The summed E-state index contributed by atoms with van der Waals surface area (Å²) in [6.45, 7) is 0.148. The standard InChI is InChI=1S/C22H17FN2O4S/c1-29-16-7-6-14(10-15(16)23)20(26)18-19(17-5-3-9-30-17)25(22(28)21(18)27)12-13-4-2-8-24-11-13/h2-11,19,26H,12H2,1H3/t19-/m0/s1. The van der Waals surface area contributed by atoms with Gasteiger partial charge >= 0.3 is 0 Å². The van der Waals surface area contributed by atoms with Crippen molar-refractivity contribution in [2.45, 2.75) is 12.6 Å². The predicted octanol–water partition coefficient (Wildman–Crippen LogP) is 3.91. The van der Waals surface area contributed by atoms with Crippen molar-refractivity contribution in [3.63, 3.8) is 0 Å². The number of nitrogens with zero attached hydrogens (tertiary/aromatic N) is 2. The van der Waals surface area contributed by atoms with Crippen LogP contribution in [0.25, 0.3) is 5.76 Å². The van der Waals surface area contributed by atoms with Gasteiger partial charge in [-0.2, -0.15) is 0 Å². The molecule has 4 rings (SSSR count). The number of methoxy groups -OCH3 is 1. The third-order valence-corrected chi connectivity index (χ3v) is 5.78. The number of rotatable bonds is 5. The summed E-state index contributed by atoms with van der Waals surface area (Å²) in [6.07, 6.45) is 3.23. The van der Waals surface area contributed by atoms with E-state index in [1.165, 1.54) is 35.5 Å². The maximum Gasteiger partial charge on any atom is 0.295 e. The Balaban J connectivity index is 1.83. The first kappa shape index (κ1) is 19.8. The number of aliphatic hydroxyl groups excluding tert-OH is 1. The average Bonchev–Trinajstić information content (AvgIpc) is 3.37. The van der Waals surface area contributed by atoms with Crippen LogP contribution >= 0.6 is 11.3 Å². The van der Waals surface area contributed by atoms with Gasteiger partial charge in [0.15, 0.2) is 11.6 Å². The van der Waals surface area contributed by atoms with Crippen molar-refractivity contribution in [3.05, 3.63) is 87.6 Å². The highest BCUT2D eigenvalue weighted by molar-refractivity contribution is 7.10. The quantitative estimate of drug-likeness (QED) is 0.382. The van der Waals surface area contributed by atoms with Gasteiger partial charge in [-0.05, 0) is 41.3 Å². The number of aliphatic hydroxyl groups is 1. The number of hydrogen-bond acceptors (Lipinski definition) is 6. The second-order valence-electron chi connectivity index (χ2n) is 6.65. The van der Waals surface area contributed by atoms with Crippen LogP contribution in [-0.4, -0.2) is 33.8 Å². The van der Waals surface area contributed by atoms with E-state index in [-0.39, 0.29) is 23.4 Å². The molecule has 1 aliphatic rings. The van der Waals surface area contributed by atoms with Crippen molar-refractivity contribution in [3.8, 4) is 5.75 Å². The number of benzene rings is 1. The molecule has 1 saturated heterocycles. The highest BCUT2D eigenvalue weighted by Crippen LogP contribution is 2.42. The molecule has 1 atom stereocenters. The van der Waals surface area contributed by atoms with E-state index in [0.29, 0.717) is 4.88 Å². The normalized spacial score (nSPS) is 18.1. The van der Waals surface area contributed by atoms with Crippen LogP contribution in [0.2, 0.25) is 0 Å². The molecule has 6 nitrogen and oxygen atoms in total. The molecule has 3 heterocycles. The minimum absolute atomic E-state index is 0.0124. The minimum Gasteiger partial charge on any atom is -0.507 e. The predicted molar refractivity (Wildman–Crippen MR) is 109 cm³/mol. The zero-order valence-electron chi connectivity index (χ0n) is 15.9. The Morgan fingerprint density at radius 3 is 2.73 bits per heavy atom. The van der Waals surface area contributed by atoms with Crippen LogP contribution in [0.15, 0.2) is 65.8 Å². The van der Waals surface area contributed by atoms with Gasteiger partial charge in [0, 0.05) is 29.4 Å². The van der Waals surface area contributed by atoms with E-state index in [4.69, 9.17) is 4.74 Å². The molecular formula is C22H17FN2O4S. The molecule has 30 heavy (non-hydrogen) atoms. The molecule has 0 spiro atoms. The molecule has 2 aromatic heterocycles. The molecule has 152 valence electrons. The number of ketones is 1. The molecular weight excluding hydrogens is 407 g/mol. The van der Waals surface area contributed by atoms with Gasteiger partial charge in [-0.15, -0.1) is 11.3 Å². The maximum absolute atomic E-state index is 14.2. The van der Waals surface area contributed by atoms with Crippen LogP contribution in [0.5, 0.6) is 5.75 Å². The Hall–Kier alpha value is -3.52. The Bertz CT molecular complexity index is 1130. The van der Waals surface area contributed by atoms with Crippen LogP contribution in [-0.2, 0) is 16.1 Å². The van der Waals surface area contributed by atoms with Gasteiger partial charge in [0.05, 0.1) is 18.7 Å². The molecule has 0 radical (unpaired) electrons. The largest absolute Gasteiger partial charge is 0.507 e. The average molecular weight is 424 g/mol. The van der Waals surface area contributed by atoms with E-state index >= 15 is 0 Å². The Labute approximate surface area is 175 Å². The lowest BCUT2D eigenvalue weighted by molar-refractivity contribution is -0.140. The summed E-state index contributed by atoms with van der Waals surface area (Å²) >= 11 is 1.36. The molecule has 8 heteroatoms. The fourth-order valence-electron chi connectivity index (χ4n) is 3.44. The topological polar surface area (TPSA) is 79.7 Å². The molecule has 1 amide bonds. The number of thiophene rings is 1. The number of aromatic nitrogens is 1. The summed E-state index contributed by atoms with van der Waals surface area (Å²) in [7, 11) is 1.33. The molecule has 0 bridgehead atoms. The highest BCUT2D eigenvalue weighted by Gasteiger charge is 2.46. The number of pyridine rings is 1. The zero-order valence-corrected chi connectivity index (χ0v) is 16.7. The lowest BCUT2D eigenvalue weighted by atomic mass is 9.99. The molecule has 3 aromatic rings. The fraction of sp³-hybridized carbons (Fsp3) is 0.136. The van der Waals surface area contributed by atoms with Crippen molar-refractivity contribution in [2.24, 2.45) is 0 Å². The van der Waals surface area contributed by atoms with Crippen molar-refractivity contribution < 1.29 is 23.8 Å². The molecule has 0 aliphatic carbocycles. The Morgan fingerprint density at radius 1 is 1.27 bits per heavy atom. The summed E-state index contributed by atoms with van der Waals surface area (Å²) in [5, 5.41) is 12.7. The van der Waals surface area contributed by atoms with Gasteiger partial charge in [-0.3, -0.25) is 14.6 Å². The van der Waals surface area contributed by atoms with E-state index in [9.17, 15) is 19.1 Å². The van der Waals surface area contributed by atoms with Crippen molar-refractivity contribution in [2.75, 3.05) is 7.11 Å². The van der Waals surface area contributed by atoms with E-state index in [0.717, 1.165) is 11.6 Å². The molecule has 0 unspecified atom stereocenters. The molecule has 1 aliphatic heterocycles. The van der Waals surface area contributed by atoms with Crippen molar-refractivity contribution in [1.29, 1.82) is 0 Å². The van der Waals surface area contributed by atoms with Gasteiger partial charge in [-0.1, -0.05) is 12.1 Å². The second-order valence-corrected chi connectivity index (χ2v) is 7.63. The van der Waals surface area contributed by atoms with E-state index in [1.807, 2.05) is 5.38 Å². The lowest BCUT2D eigenvalue weighted by Gasteiger charge is -2.24. The minimum atomic E-state index is -0.814. The lowest BCUT2D eigenvalue weighted by Crippen LogP contribution is -2.28. The van der Waals surface area contributed by atoms with Gasteiger partial charge in [0.25, 0.3) is 11.7 Å². The van der Waals surface area contributed by atoms with E-state index in [1.54, 1.807) is 36.7 Å². The molecule has 1 fully saturated rings. The summed E-state index contributed by atoms with van der Waals surface area (Å²) in [5.41, 5.74) is 0.765. The first-order valence-corrected chi connectivity index (χ1v) is 9.94. The summed E-state index contributed by atoms with van der Waals surface area (Å²) in [6, 6.07) is 10.2.